The van der Waals surface area contributed by atoms with Crippen molar-refractivity contribution >= 4 is 12.0 Å². The number of nitrogens with one attached hydrogen (secondary N) is 2. The number of carboxylic acid groups (broad SMARTS) is 1. The van der Waals surface area contributed by atoms with Gasteiger partial charge in [0.1, 0.15) is 0 Å². The minimum atomic E-state index is -0.857. The first kappa shape index (κ1) is 15.7. The molecule has 0 aliphatic rings. The van der Waals surface area contributed by atoms with Crippen molar-refractivity contribution in [2.24, 2.45) is 0 Å². The Labute approximate surface area is 102 Å². The molecule has 0 spiro atoms. The average molecular weight is 246 g/mol. The van der Waals surface area contributed by atoms with Crippen LogP contribution in [0.1, 0.15) is 33.6 Å². The molecule has 1 unspecified atom stereocenters. The number of ether oxygens (including phenoxy) is 1. The molecule has 100 valence electrons. The van der Waals surface area contributed by atoms with Crippen molar-refractivity contribution in [3.05, 3.63) is 0 Å². The summed E-state index contributed by atoms with van der Waals surface area (Å²) in [5.74, 6) is -0.857. The Kier molecular flexibility index (Phi) is 8.13. The van der Waals surface area contributed by atoms with E-state index < -0.39 is 5.97 Å². The molecule has 0 aromatic carbocycles. The molecule has 6 heteroatoms. The first-order valence-corrected chi connectivity index (χ1v) is 5.79. The zero-order chi connectivity index (χ0) is 13.3. The van der Waals surface area contributed by atoms with E-state index in [1.807, 2.05) is 13.8 Å². The third kappa shape index (κ3) is 11.0. The molecule has 2 amide bonds. The lowest BCUT2D eigenvalue weighted by atomic mass is 10.2. The van der Waals surface area contributed by atoms with E-state index in [1.54, 1.807) is 6.92 Å². The molecule has 0 aliphatic heterocycles. The van der Waals surface area contributed by atoms with E-state index in [0.29, 0.717) is 19.6 Å². The fourth-order valence-corrected chi connectivity index (χ4v) is 1.15. The first-order chi connectivity index (χ1) is 7.91. The largest absolute Gasteiger partial charge is 0.481 e. The first-order valence-electron chi connectivity index (χ1n) is 5.79. The summed E-state index contributed by atoms with van der Waals surface area (Å²) < 4.78 is 5.26. The zero-order valence-corrected chi connectivity index (χ0v) is 10.7. The van der Waals surface area contributed by atoms with E-state index in [1.165, 1.54) is 0 Å². The third-order valence-electron chi connectivity index (χ3n) is 2.01. The molecule has 0 aliphatic carbocycles. The van der Waals surface area contributed by atoms with Crippen LogP contribution in [0.4, 0.5) is 4.79 Å². The van der Waals surface area contributed by atoms with Gasteiger partial charge in [-0.25, -0.2) is 4.79 Å². The molecule has 0 radical (unpaired) electrons. The maximum absolute atomic E-state index is 11.3. The SMILES string of the molecule is CC(CCC(=O)O)NC(=O)NCCOC(C)C. The van der Waals surface area contributed by atoms with Crippen molar-refractivity contribution in [2.45, 2.75) is 45.8 Å². The second kappa shape index (κ2) is 8.81. The topological polar surface area (TPSA) is 87.7 Å². The predicted molar refractivity (Wildman–Crippen MR) is 64.0 cm³/mol. The maximum Gasteiger partial charge on any atom is 0.315 e. The van der Waals surface area contributed by atoms with Crippen molar-refractivity contribution in [3.8, 4) is 0 Å². The van der Waals surface area contributed by atoms with Gasteiger partial charge in [-0.1, -0.05) is 0 Å². The van der Waals surface area contributed by atoms with Gasteiger partial charge in [0.15, 0.2) is 0 Å². The number of carbonyl (C=O) groups excluding carboxylic acids is 1. The molecule has 1 atom stereocenters. The van der Waals surface area contributed by atoms with Crippen LogP contribution in [-0.4, -0.2) is 42.4 Å². The fourth-order valence-electron chi connectivity index (χ4n) is 1.15. The van der Waals surface area contributed by atoms with Crippen LogP contribution in [0.15, 0.2) is 0 Å². The highest BCUT2D eigenvalue weighted by Gasteiger charge is 2.08. The van der Waals surface area contributed by atoms with Crippen LogP contribution in [0.2, 0.25) is 0 Å². The van der Waals surface area contributed by atoms with Gasteiger partial charge in [0.25, 0.3) is 0 Å². The lowest BCUT2D eigenvalue weighted by molar-refractivity contribution is -0.137. The number of urea groups is 1. The van der Waals surface area contributed by atoms with Crippen molar-refractivity contribution < 1.29 is 19.4 Å². The van der Waals surface area contributed by atoms with Gasteiger partial charge in [0, 0.05) is 19.0 Å². The monoisotopic (exact) mass is 246 g/mol. The second-order valence-electron chi connectivity index (χ2n) is 4.15. The molecular weight excluding hydrogens is 224 g/mol. The average Bonchev–Trinajstić information content (AvgIpc) is 2.21. The van der Waals surface area contributed by atoms with Gasteiger partial charge in [-0.3, -0.25) is 4.79 Å². The molecule has 0 saturated heterocycles. The van der Waals surface area contributed by atoms with E-state index in [-0.39, 0.29) is 24.6 Å². The third-order valence-corrected chi connectivity index (χ3v) is 2.01. The van der Waals surface area contributed by atoms with E-state index >= 15 is 0 Å². The van der Waals surface area contributed by atoms with Gasteiger partial charge in [0.2, 0.25) is 0 Å². The zero-order valence-electron chi connectivity index (χ0n) is 10.7. The predicted octanol–water partition coefficient (Wildman–Crippen LogP) is 0.964. The van der Waals surface area contributed by atoms with Gasteiger partial charge in [-0.05, 0) is 27.2 Å². The second-order valence-corrected chi connectivity index (χ2v) is 4.15. The summed E-state index contributed by atoms with van der Waals surface area (Å²) in [5.41, 5.74) is 0. The number of carbonyl (C=O) groups is 2. The molecule has 0 aromatic rings. The molecule has 3 N–H and O–H groups in total. The van der Waals surface area contributed by atoms with Crippen molar-refractivity contribution in [1.82, 2.24) is 10.6 Å². The van der Waals surface area contributed by atoms with Gasteiger partial charge < -0.3 is 20.5 Å². The Balaban J connectivity index is 3.53. The van der Waals surface area contributed by atoms with E-state index in [2.05, 4.69) is 10.6 Å². The van der Waals surface area contributed by atoms with Gasteiger partial charge >= 0.3 is 12.0 Å². The molecule has 0 aromatic heterocycles. The van der Waals surface area contributed by atoms with E-state index in [9.17, 15) is 9.59 Å². The summed E-state index contributed by atoms with van der Waals surface area (Å²) in [6.45, 7) is 6.53. The number of aliphatic carboxylic acids is 1. The number of amides is 2. The maximum atomic E-state index is 11.3. The van der Waals surface area contributed by atoms with Gasteiger partial charge in [0.05, 0.1) is 12.7 Å². The summed E-state index contributed by atoms with van der Waals surface area (Å²) in [7, 11) is 0. The smallest absolute Gasteiger partial charge is 0.315 e. The summed E-state index contributed by atoms with van der Waals surface area (Å²) in [6, 6.07) is -0.452. The Bertz CT molecular complexity index is 244. The quantitative estimate of drug-likeness (QED) is 0.557. The summed E-state index contributed by atoms with van der Waals surface area (Å²) in [6.07, 6.45) is 0.623. The van der Waals surface area contributed by atoms with Gasteiger partial charge in [-0.2, -0.15) is 0 Å². The van der Waals surface area contributed by atoms with Crippen LogP contribution in [0.25, 0.3) is 0 Å². The molecule has 0 rings (SSSR count). The minimum Gasteiger partial charge on any atom is -0.481 e. The molecule has 0 heterocycles. The van der Waals surface area contributed by atoms with Crippen LogP contribution in [0.5, 0.6) is 0 Å². The van der Waals surface area contributed by atoms with E-state index in [0.717, 1.165) is 0 Å². The highest BCUT2D eigenvalue weighted by atomic mass is 16.5. The van der Waals surface area contributed by atoms with Crippen LogP contribution < -0.4 is 10.6 Å². The van der Waals surface area contributed by atoms with Crippen molar-refractivity contribution in [1.29, 1.82) is 0 Å². The number of hydrogen-bond donors (Lipinski definition) is 3. The molecule has 17 heavy (non-hydrogen) atoms. The molecular formula is C11H22N2O4. The number of carboxylic acids is 1. The lowest BCUT2D eigenvalue weighted by Gasteiger charge is -2.14. The van der Waals surface area contributed by atoms with Crippen LogP contribution in [0, 0.1) is 0 Å². The fraction of sp³-hybridized carbons (Fsp3) is 0.818. The Morgan fingerprint density at radius 1 is 1.29 bits per heavy atom. The highest BCUT2D eigenvalue weighted by Crippen LogP contribution is 1.95. The minimum absolute atomic E-state index is 0.0535. The normalized spacial score (nSPS) is 12.2. The summed E-state index contributed by atoms with van der Waals surface area (Å²) in [5, 5.41) is 13.8. The number of rotatable bonds is 8. The lowest BCUT2D eigenvalue weighted by Crippen LogP contribution is -2.42. The van der Waals surface area contributed by atoms with Crippen molar-refractivity contribution in [3.63, 3.8) is 0 Å². The standard InChI is InChI=1S/C11H22N2O4/c1-8(2)17-7-6-12-11(16)13-9(3)4-5-10(14)15/h8-9H,4-7H2,1-3H3,(H,14,15)(H2,12,13,16). The van der Waals surface area contributed by atoms with Crippen molar-refractivity contribution in [2.75, 3.05) is 13.2 Å². The molecule has 6 nitrogen and oxygen atoms in total. The Morgan fingerprint density at radius 2 is 1.94 bits per heavy atom. The molecule has 0 bridgehead atoms. The van der Waals surface area contributed by atoms with Crippen LogP contribution >= 0.6 is 0 Å². The Hall–Kier alpha value is -1.30. The molecule has 0 fully saturated rings. The van der Waals surface area contributed by atoms with Gasteiger partial charge in [-0.15, -0.1) is 0 Å². The van der Waals surface area contributed by atoms with E-state index in [4.69, 9.17) is 9.84 Å². The van der Waals surface area contributed by atoms with Crippen LogP contribution in [0.3, 0.4) is 0 Å². The van der Waals surface area contributed by atoms with Crippen LogP contribution in [-0.2, 0) is 9.53 Å². The summed E-state index contributed by atoms with van der Waals surface area (Å²) >= 11 is 0. The Morgan fingerprint density at radius 3 is 2.47 bits per heavy atom. The molecule has 0 saturated carbocycles. The number of hydrogen-bond acceptors (Lipinski definition) is 3. The summed E-state index contributed by atoms with van der Waals surface area (Å²) in [4.78, 5) is 21.6. The highest BCUT2D eigenvalue weighted by molar-refractivity contribution is 5.74.